The summed E-state index contributed by atoms with van der Waals surface area (Å²) >= 11 is 0. The van der Waals surface area contributed by atoms with Gasteiger partial charge in [-0.1, -0.05) is 18.2 Å². The molecule has 1 saturated carbocycles. The van der Waals surface area contributed by atoms with Crippen molar-refractivity contribution < 1.29 is 18.7 Å². The summed E-state index contributed by atoms with van der Waals surface area (Å²) in [7, 11) is 0. The van der Waals surface area contributed by atoms with Crippen LogP contribution in [-0.2, 0) is 15.1 Å². The van der Waals surface area contributed by atoms with E-state index in [0.29, 0.717) is 44.2 Å². The number of hydrogen-bond donors (Lipinski definition) is 1. The molecule has 0 bridgehead atoms. The second-order valence-electron chi connectivity index (χ2n) is 9.24. The van der Waals surface area contributed by atoms with Crippen LogP contribution in [0.4, 0.5) is 4.39 Å². The number of nitrogens with one attached hydrogen (secondary N) is 1. The van der Waals surface area contributed by atoms with Gasteiger partial charge < -0.3 is 4.74 Å². The topological polar surface area (TPSA) is 61.9 Å². The molecule has 1 aliphatic carbocycles. The highest BCUT2D eigenvalue weighted by Crippen LogP contribution is 2.48. The number of amides is 1. The Bertz CT molecular complexity index is 824. The second kappa shape index (κ2) is 7.93. The number of benzene rings is 1. The van der Waals surface area contributed by atoms with Crippen LogP contribution in [-0.4, -0.2) is 53.8 Å². The van der Waals surface area contributed by atoms with Crippen LogP contribution in [0.5, 0.6) is 0 Å². The van der Waals surface area contributed by atoms with Gasteiger partial charge in [-0.2, -0.15) is 0 Å². The van der Waals surface area contributed by atoms with Gasteiger partial charge in [-0.15, -0.1) is 0 Å². The van der Waals surface area contributed by atoms with Crippen LogP contribution in [0.3, 0.4) is 0 Å². The van der Waals surface area contributed by atoms with Crippen molar-refractivity contribution in [2.75, 3.05) is 19.6 Å². The number of hydrogen-bond acceptors (Lipinski definition) is 5. The molecule has 1 aromatic rings. The third-order valence-electron chi connectivity index (χ3n) is 7.45. The lowest BCUT2D eigenvalue weighted by molar-refractivity contribution is -0.133. The number of halogens is 1. The van der Waals surface area contributed by atoms with Crippen molar-refractivity contribution in [3.8, 4) is 0 Å². The smallest absolute Gasteiger partial charge is 0.339 e. The quantitative estimate of drug-likeness (QED) is 0.605. The summed E-state index contributed by atoms with van der Waals surface area (Å²) in [6, 6.07) is 7.78. The number of ether oxygens (including phenoxy) is 1. The Kier molecular flexibility index (Phi) is 5.27. The van der Waals surface area contributed by atoms with Crippen molar-refractivity contribution >= 4 is 11.9 Å². The highest BCUT2D eigenvalue weighted by molar-refractivity contribution is 5.94. The number of rotatable bonds is 4. The van der Waals surface area contributed by atoms with Crippen LogP contribution in [0.25, 0.3) is 0 Å². The fourth-order valence-corrected chi connectivity index (χ4v) is 5.73. The standard InChI is InChI=1S/C23H30FN3O3/c24-20-8-4-13-26(20)15-17-5-3-14-27(17)25-21(28)16-9-11-23(12-10-16)19-7-2-1-6-18(19)22(29)30-23/h1-2,6-7,16-17,20H,3-5,8-15H2,(H,25,28). The van der Waals surface area contributed by atoms with E-state index in [1.54, 1.807) is 0 Å². The summed E-state index contributed by atoms with van der Waals surface area (Å²) in [6.45, 7) is 2.31. The number of likely N-dealkylation sites (tertiary alicyclic amines) is 1. The van der Waals surface area contributed by atoms with Gasteiger partial charge in [-0.05, 0) is 57.4 Å². The van der Waals surface area contributed by atoms with Gasteiger partial charge in [0.2, 0.25) is 5.91 Å². The third kappa shape index (κ3) is 3.52. The van der Waals surface area contributed by atoms with Crippen molar-refractivity contribution in [3.63, 3.8) is 0 Å². The highest BCUT2D eigenvalue weighted by atomic mass is 19.1. The van der Waals surface area contributed by atoms with E-state index < -0.39 is 11.9 Å². The zero-order valence-electron chi connectivity index (χ0n) is 17.3. The second-order valence-corrected chi connectivity index (χ2v) is 9.24. The average molecular weight is 416 g/mol. The van der Waals surface area contributed by atoms with Gasteiger partial charge in [-0.3, -0.25) is 15.1 Å². The predicted molar refractivity (Wildman–Crippen MR) is 109 cm³/mol. The minimum absolute atomic E-state index is 0.0487. The van der Waals surface area contributed by atoms with Crippen LogP contribution in [0.2, 0.25) is 0 Å². The lowest BCUT2D eigenvalue weighted by Gasteiger charge is -2.37. The van der Waals surface area contributed by atoms with Gasteiger partial charge in [0.05, 0.1) is 5.56 Å². The third-order valence-corrected chi connectivity index (χ3v) is 7.45. The van der Waals surface area contributed by atoms with Crippen molar-refractivity contribution in [2.45, 2.75) is 69.3 Å². The summed E-state index contributed by atoms with van der Waals surface area (Å²) < 4.78 is 19.8. The summed E-state index contributed by atoms with van der Waals surface area (Å²) in [5.74, 6) is -0.280. The van der Waals surface area contributed by atoms with Crippen molar-refractivity contribution in [1.29, 1.82) is 0 Å². The maximum atomic E-state index is 14.0. The molecule has 4 aliphatic rings. The molecule has 30 heavy (non-hydrogen) atoms. The molecule has 1 N–H and O–H groups in total. The van der Waals surface area contributed by atoms with E-state index >= 15 is 0 Å². The molecule has 6 nitrogen and oxygen atoms in total. The van der Waals surface area contributed by atoms with E-state index in [1.807, 2.05) is 34.2 Å². The zero-order valence-corrected chi connectivity index (χ0v) is 17.3. The first-order valence-electron chi connectivity index (χ1n) is 11.3. The molecule has 0 radical (unpaired) electrons. The van der Waals surface area contributed by atoms with Gasteiger partial charge in [0.15, 0.2) is 6.30 Å². The van der Waals surface area contributed by atoms with Gasteiger partial charge in [0.1, 0.15) is 5.60 Å². The monoisotopic (exact) mass is 415 g/mol. The molecule has 7 heteroatoms. The van der Waals surface area contributed by atoms with Crippen molar-refractivity contribution in [3.05, 3.63) is 35.4 Å². The molecule has 162 valence electrons. The summed E-state index contributed by atoms with van der Waals surface area (Å²) in [6.07, 6.45) is 5.46. The molecule has 1 amide bonds. The van der Waals surface area contributed by atoms with E-state index in [2.05, 4.69) is 5.43 Å². The molecular formula is C23H30FN3O3. The van der Waals surface area contributed by atoms with Crippen molar-refractivity contribution in [2.24, 2.45) is 5.92 Å². The number of hydrazine groups is 1. The molecule has 0 aromatic heterocycles. The predicted octanol–water partition coefficient (Wildman–Crippen LogP) is 3.13. The molecule has 2 atom stereocenters. The highest BCUT2D eigenvalue weighted by Gasteiger charge is 2.48. The Morgan fingerprint density at radius 1 is 1.13 bits per heavy atom. The number of carbonyl (C=O) groups is 2. The molecular weight excluding hydrogens is 385 g/mol. The van der Waals surface area contributed by atoms with Crippen LogP contribution in [0, 0.1) is 5.92 Å². The van der Waals surface area contributed by atoms with Crippen LogP contribution in [0.15, 0.2) is 24.3 Å². The average Bonchev–Trinajstić information content (AvgIpc) is 3.43. The minimum Gasteiger partial charge on any atom is -0.451 e. The zero-order chi connectivity index (χ0) is 20.7. The number of esters is 1. The number of fused-ring (bicyclic) bond motifs is 2. The van der Waals surface area contributed by atoms with E-state index in [1.165, 1.54) is 0 Å². The molecule has 5 rings (SSSR count). The SMILES string of the molecule is O=C1OC2(CCC(C(=O)NN3CCCC3CN3CCCC3F)CC2)c2ccccc21. The van der Waals surface area contributed by atoms with Gasteiger partial charge in [0, 0.05) is 37.2 Å². The molecule has 2 saturated heterocycles. The molecule has 1 aromatic carbocycles. The van der Waals surface area contributed by atoms with Gasteiger partial charge in [-0.25, -0.2) is 14.2 Å². The number of alkyl halides is 1. The van der Waals surface area contributed by atoms with Crippen LogP contribution < -0.4 is 5.43 Å². The first-order chi connectivity index (χ1) is 14.6. The maximum absolute atomic E-state index is 14.0. The van der Waals surface area contributed by atoms with E-state index in [0.717, 1.165) is 37.9 Å². The Balaban J connectivity index is 1.18. The van der Waals surface area contributed by atoms with E-state index in [9.17, 15) is 14.0 Å². The largest absolute Gasteiger partial charge is 0.451 e. The van der Waals surface area contributed by atoms with Crippen molar-refractivity contribution in [1.82, 2.24) is 15.3 Å². The summed E-state index contributed by atoms with van der Waals surface area (Å²) in [5.41, 5.74) is 4.20. The Labute approximate surface area is 176 Å². The maximum Gasteiger partial charge on any atom is 0.339 e. The van der Waals surface area contributed by atoms with E-state index in [-0.39, 0.29) is 23.8 Å². The lowest BCUT2D eigenvalue weighted by Crippen LogP contribution is -2.51. The van der Waals surface area contributed by atoms with Gasteiger partial charge >= 0.3 is 5.97 Å². The minimum atomic E-state index is -0.838. The number of nitrogens with zero attached hydrogens (tertiary/aromatic N) is 2. The summed E-state index contributed by atoms with van der Waals surface area (Å²) in [4.78, 5) is 27.1. The Hall–Kier alpha value is -1.99. The normalized spacial score (nSPS) is 34.3. The molecule has 3 aliphatic heterocycles. The van der Waals surface area contributed by atoms with Crippen LogP contribution in [0.1, 0.15) is 67.3 Å². The fourth-order valence-electron chi connectivity index (χ4n) is 5.73. The first kappa shape index (κ1) is 19.9. The number of carbonyl (C=O) groups excluding carboxylic acids is 2. The molecule has 3 fully saturated rings. The molecule has 1 spiro atoms. The molecule has 2 unspecified atom stereocenters. The van der Waals surface area contributed by atoms with Crippen LogP contribution >= 0.6 is 0 Å². The molecule has 3 heterocycles. The van der Waals surface area contributed by atoms with Gasteiger partial charge in [0.25, 0.3) is 0 Å². The first-order valence-corrected chi connectivity index (χ1v) is 11.3. The summed E-state index contributed by atoms with van der Waals surface area (Å²) in [5, 5.41) is 2.03. The Morgan fingerprint density at radius 2 is 1.90 bits per heavy atom. The fraction of sp³-hybridized carbons (Fsp3) is 0.652. The Morgan fingerprint density at radius 3 is 2.67 bits per heavy atom. The van der Waals surface area contributed by atoms with E-state index in [4.69, 9.17) is 4.74 Å². The lowest BCUT2D eigenvalue weighted by atomic mass is 9.75.